The van der Waals surface area contributed by atoms with E-state index in [-0.39, 0.29) is 48.6 Å². The van der Waals surface area contributed by atoms with E-state index >= 15 is 0 Å². The maximum Gasteiger partial charge on any atom is 0.410 e. The lowest BCUT2D eigenvalue weighted by atomic mass is 9.97. The highest BCUT2D eigenvalue weighted by molar-refractivity contribution is 6.42. The van der Waals surface area contributed by atoms with Gasteiger partial charge in [-0.2, -0.15) is 0 Å². The van der Waals surface area contributed by atoms with Gasteiger partial charge in [-0.1, -0.05) is 46.5 Å². The first-order valence-electron chi connectivity index (χ1n) is 15.2. The highest BCUT2D eigenvalue weighted by Crippen LogP contribution is 2.37. The molecule has 0 radical (unpaired) electrons. The second-order valence-corrected chi connectivity index (χ2v) is 14.0. The fourth-order valence-electron chi connectivity index (χ4n) is 6.84. The molecule has 10 heteroatoms. The molecule has 2 aromatic rings. The highest BCUT2D eigenvalue weighted by Gasteiger charge is 2.45. The molecule has 3 heterocycles. The van der Waals surface area contributed by atoms with Crippen molar-refractivity contribution in [1.82, 2.24) is 20.0 Å². The summed E-state index contributed by atoms with van der Waals surface area (Å²) in [6.07, 6.45) is 3.24. The summed E-state index contributed by atoms with van der Waals surface area (Å²) in [5.41, 5.74) is 3.03. The molecule has 3 amide bonds. The molecule has 3 atom stereocenters. The highest BCUT2D eigenvalue weighted by atomic mass is 35.5. The maximum absolute atomic E-state index is 13.7. The molecular formula is C33H42Cl2N4O4. The summed E-state index contributed by atoms with van der Waals surface area (Å²) in [7, 11) is 0. The minimum atomic E-state index is -0.531. The molecule has 43 heavy (non-hydrogen) atoms. The number of ether oxygens (including phenoxy) is 1. The van der Waals surface area contributed by atoms with E-state index in [1.807, 2.05) is 73.6 Å². The third kappa shape index (κ3) is 7.30. The van der Waals surface area contributed by atoms with Crippen molar-refractivity contribution in [1.29, 1.82) is 0 Å². The Labute approximate surface area is 264 Å². The summed E-state index contributed by atoms with van der Waals surface area (Å²) in [6.45, 7) is 11.0. The molecule has 0 spiro atoms. The number of rotatable bonds is 5. The predicted octanol–water partition coefficient (Wildman–Crippen LogP) is 6.16. The average Bonchev–Trinajstić information content (AvgIpc) is 3.21. The summed E-state index contributed by atoms with van der Waals surface area (Å²) in [6, 6.07) is 11.3. The molecule has 3 aliphatic rings. The van der Waals surface area contributed by atoms with Gasteiger partial charge >= 0.3 is 6.09 Å². The standard InChI is InChI=1S/C33H42Cl2N4O4/c1-20-12-21(2)14-23(13-20)31(41)37-10-11-38(29(19-37)22-6-9-27(34)28(35)15-22)30(40)18-36-24-16-25-7-8-26(17-24)39(25)32(42)43-33(3,4)5/h6,9,12-15,24-26,29,36H,7-8,10-11,16-19H2,1-5H3/t25-,26-,29-/m0/s1. The smallest absolute Gasteiger partial charge is 0.410 e. The zero-order valence-electron chi connectivity index (χ0n) is 25.7. The molecule has 0 saturated carbocycles. The number of piperidine rings is 1. The van der Waals surface area contributed by atoms with Gasteiger partial charge in [-0.15, -0.1) is 0 Å². The Morgan fingerprint density at radius 3 is 2.19 bits per heavy atom. The largest absolute Gasteiger partial charge is 0.444 e. The third-order valence-corrected chi connectivity index (χ3v) is 9.40. The van der Waals surface area contributed by atoms with Gasteiger partial charge in [-0.05, 0) is 90.1 Å². The monoisotopic (exact) mass is 628 g/mol. The van der Waals surface area contributed by atoms with E-state index in [4.69, 9.17) is 27.9 Å². The summed E-state index contributed by atoms with van der Waals surface area (Å²) in [5.74, 6) is -0.0780. The fraction of sp³-hybridized carbons (Fsp3) is 0.545. The van der Waals surface area contributed by atoms with Gasteiger partial charge in [-0.3, -0.25) is 9.59 Å². The molecule has 8 nitrogen and oxygen atoms in total. The molecule has 2 bridgehead atoms. The van der Waals surface area contributed by atoms with Gasteiger partial charge in [0.15, 0.2) is 0 Å². The first kappa shape index (κ1) is 31.6. The van der Waals surface area contributed by atoms with E-state index in [0.717, 1.165) is 42.4 Å². The van der Waals surface area contributed by atoms with Gasteiger partial charge in [0, 0.05) is 43.3 Å². The molecule has 3 saturated heterocycles. The van der Waals surface area contributed by atoms with Crippen molar-refractivity contribution >= 4 is 41.1 Å². The molecule has 5 rings (SSSR count). The number of halogens is 2. The summed E-state index contributed by atoms with van der Waals surface area (Å²) in [4.78, 5) is 45.7. The van der Waals surface area contributed by atoms with Gasteiger partial charge in [0.25, 0.3) is 5.91 Å². The van der Waals surface area contributed by atoms with Crippen LogP contribution in [0.5, 0.6) is 0 Å². The minimum Gasteiger partial charge on any atom is -0.444 e. The van der Waals surface area contributed by atoms with Crippen LogP contribution in [0.4, 0.5) is 4.79 Å². The molecule has 0 aliphatic carbocycles. The van der Waals surface area contributed by atoms with Crippen LogP contribution in [0.3, 0.4) is 0 Å². The number of nitrogens with zero attached hydrogens (tertiary/aromatic N) is 3. The molecule has 232 valence electrons. The Morgan fingerprint density at radius 2 is 1.58 bits per heavy atom. The molecule has 0 unspecified atom stereocenters. The van der Waals surface area contributed by atoms with Gasteiger partial charge in [0.2, 0.25) is 5.91 Å². The molecule has 0 aromatic heterocycles. The van der Waals surface area contributed by atoms with Crippen LogP contribution in [0.15, 0.2) is 36.4 Å². The number of nitrogens with one attached hydrogen (secondary N) is 1. The van der Waals surface area contributed by atoms with E-state index < -0.39 is 5.60 Å². The van der Waals surface area contributed by atoms with Gasteiger partial charge < -0.3 is 24.8 Å². The number of hydrogen-bond acceptors (Lipinski definition) is 5. The van der Waals surface area contributed by atoms with Crippen molar-refractivity contribution in [3.63, 3.8) is 0 Å². The van der Waals surface area contributed by atoms with Crippen LogP contribution < -0.4 is 5.32 Å². The average molecular weight is 630 g/mol. The Morgan fingerprint density at radius 1 is 0.930 bits per heavy atom. The van der Waals surface area contributed by atoms with Crippen LogP contribution in [0.1, 0.15) is 79.5 Å². The number of carbonyl (C=O) groups excluding carboxylic acids is 3. The number of hydrogen-bond donors (Lipinski definition) is 1. The summed E-state index contributed by atoms with van der Waals surface area (Å²) in [5, 5.41) is 4.35. The lowest BCUT2D eigenvalue weighted by Crippen LogP contribution is -2.56. The van der Waals surface area contributed by atoms with E-state index in [9.17, 15) is 14.4 Å². The SMILES string of the molecule is Cc1cc(C)cc(C(=O)N2CCN(C(=O)CNC3C[C@@H]4CC[C@@H](C3)N4C(=O)OC(C)(C)C)[C@H](c3ccc(Cl)c(Cl)c3)C2)c1. The van der Waals surface area contributed by atoms with Crippen molar-refractivity contribution < 1.29 is 19.1 Å². The van der Waals surface area contributed by atoms with Gasteiger partial charge in [0.05, 0.1) is 22.6 Å². The van der Waals surface area contributed by atoms with E-state index in [2.05, 4.69) is 5.32 Å². The molecule has 3 aliphatic heterocycles. The predicted molar refractivity (Wildman–Crippen MR) is 169 cm³/mol. The number of amides is 3. The quantitative estimate of drug-likeness (QED) is 0.429. The van der Waals surface area contributed by atoms with Crippen LogP contribution in [-0.4, -0.2) is 82.5 Å². The third-order valence-electron chi connectivity index (χ3n) is 8.66. The second-order valence-electron chi connectivity index (χ2n) is 13.2. The molecule has 2 aromatic carbocycles. The molecule has 1 N–H and O–H groups in total. The Hall–Kier alpha value is -2.81. The minimum absolute atomic E-state index is 0.0310. The first-order chi connectivity index (χ1) is 20.3. The van der Waals surface area contributed by atoms with Crippen LogP contribution >= 0.6 is 23.2 Å². The van der Waals surface area contributed by atoms with Gasteiger partial charge in [0.1, 0.15) is 5.60 Å². The van der Waals surface area contributed by atoms with Crippen molar-refractivity contribution in [3.8, 4) is 0 Å². The fourth-order valence-corrected chi connectivity index (χ4v) is 7.15. The van der Waals surface area contributed by atoms with E-state index in [0.29, 0.717) is 35.2 Å². The summed E-state index contributed by atoms with van der Waals surface area (Å²) < 4.78 is 5.67. The topological polar surface area (TPSA) is 82.2 Å². The van der Waals surface area contributed by atoms with Crippen molar-refractivity contribution in [2.75, 3.05) is 26.2 Å². The Kier molecular flexibility index (Phi) is 9.31. The second kappa shape index (κ2) is 12.7. The lowest BCUT2D eigenvalue weighted by Gasteiger charge is -2.43. The van der Waals surface area contributed by atoms with Crippen molar-refractivity contribution in [2.45, 2.75) is 90.1 Å². The van der Waals surface area contributed by atoms with Gasteiger partial charge in [-0.25, -0.2) is 4.79 Å². The van der Waals surface area contributed by atoms with Crippen molar-refractivity contribution in [2.24, 2.45) is 0 Å². The van der Waals surface area contributed by atoms with Crippen LogP contribution in [0, 0.1) is 13.8 Å². The Bertz CT molecular complexity index is 1360. The molecular weight excluding hydrogens is 587 g/mol. The number of fused-ring (bicyclic) bond motifs is 2. The van der Waals surface area contributed by atoms with Crippen LogP contribution in [0.2, 0.25) is 10.0 Å². The zero-order chi connectivity index (χ0) is 31.1. The molecule has 3 fully saturated rings. The van der Waals surface area contributed by atoms with Crippen LogP contribution in [-0.2, 0) is 9.53 Å². The normalized spacial score (nSPS) is 23.8. The number of aryl methyl sites for hydroxylation is 2. The van der Waals surface area contributed by atoms with E-state index in [1.54, 1.807) is 12.1 Å². The Balaban J connectivity index is 1.26. The zero-order valence-corrected chi connectivity index (χ0v) is 27.2. The lowest BCUT2D eigenvalue weighted by molar-refractivity contribution is -0.135. The maximum atomic E-state index is 13.7. The first-order valence-corrected chi connectivity index (χ1v) is 15.9. The van der Waals surface area contributed by atoms with Crippen molar-refractivity contribution in [3.05, 3.63) is 68.7 Å². The number of benzene rings is 2. The summed E-state index contributed by atoms with van der Waals surface area (Å²) >= 11 is 12.6. The number of carbonyl (C=O) groups is 3. The number of piperazine rings is 1. The van der Waals surface area contributed by atoms with E-state index in [1.165, 1.54) is 0 Å². The van der Waals surface area contributed by atoms with Crippen LogP contribution in [0.25, 0.3) is 0 Å².